The first-order valence-corrected chi connectivity index (χ1v) is 7.92. The van der Waals surface area contributed by atoms with Crippen LogP contribution in [0.25, 0.3) is 0 Å². The molecule has 1 unspecified atom stereocenters. The highest BCUT2D eigenvalue weighted by molar-refractivity contribution is 9.13. The van der Waals surface area contributed by atoms with Crippen molar-refractivity contribution in [3.63, 3.8) is 0 Å². The average molecular weight is 365 g/mol. The highest BCUT2D eigenvalue weighted by Crippen LogP contribution is 2.28. The maximum absolute atomic E-state index is 5.56. The summed E-state index contributed by atoms with van der Waals surface area (Å²) < 4.78 is 7.32. The lowest BCUT2D eigenvalue weighted by molar-refractivity contribution is 0.275. The number of hydrogen-bond donors (Lipinski definition) is 1. The fraction of sp³-hybridized carbons (Fsp3) is 0.692. The molecule has 0 radical (unpaired) electrons. The van der Waals surface area contributed by atoms with Gasteiger partial charge in [-0.2, -0.15) is 0 Å². The molecule has 1 aromatic rings. The molecule has 1 aliphatic rings. The molecule has 4 heteroatoms. The fourth-order valence-electron chi connectivity index (χ4n) is 2.54. The van der Waals surface area contributed by atoms with E-state index < -0.39 is 0 Å². The summed E-state index contributed by atoms with van der Waals surface area (Å²) in [5.41, 5.74) is 0. The second kappa shape index (κ2) is 6.39. The molecule has 2 rings (SSSR count). The van der Waals surface area contributed by atoms with Crippen LogP contribution in [0.2, 0.25) is 0 Å². The summed E-state index contributed by atoms with van der Waals surface area (Å²) in [5, 5.41) is 3.57. The van der Waals surface area contributed by atoms with E-state index in [0.29, 0.717) is 6.04 Å². The van der Waals surface area contributed by atoms with Crippen molar-refractivity contribution < 1.29 is 4.42 Å². The van der Waals surface area contributed by atoms with Crippen LogP contribution >= 0.6 is 31.9 Å². The van der Waals surface area contributed by atoms with Gasteiger partial charge in [0.25, 0.3) is 0 Å². The van der Waals surface area contributed by atoms with Crippen molar-refractivity contribution in [1.82, 2.24) is 5.32 Å². The molecule has 1 fully saturated rings. The van der Waals surface area contributed by atoms with Crippen LogP contribution < -0.4 is 5.32 Å². The quantitative estimate of drug-likeness (QED) is 0.824. The van der Waals surface area contributed by atoms with Crippen molar-refractivity contribution in [1.29, 1.82) is 0 Å². The van der Waals surface area contributed by atoms with Gasteiger partial charge in [0, 0.05) is 6.04 Å². The van der Waals surface area contributed by atoms with Crippen LogP contribution in [0.1, 0.15) is 44.8 Å². The highest BCUT2D eigenvalue weighted by Gasteiger charge is 2.19. The summed E-state index contributed by atoms with van der Waals surface area (Å²) in [5.74, 6) is 1.82. The molecule has 0 amide bonds. The molecule has 96 valence electrons. The molecule has 1 N–H and O–H groups in total. The Bertz CT molecular complexity index is 339. The second-order valence-electron chi connectivity index (χ2n) is 4.90. The summed E-state index contributed by atoms with van der Waals surface area (Å²) in [4.78, 5) is 0. The molecule has 0 saturated heterocycles. The molecular weight excluding hydrogens is 346 g/mol. The van der Waals surface area contributed by atoms with Crippen molar-refractivity contribution >= 4 is 31.9 Å². The fourth-order valence-corrected chi connectivity index (χ4v) is 3.20. The van der Waals surface area contributed by atoms with E-state index in [1.54, 1.807) is 0 Å². The molecule has 1 heterocycles. The molecule has 0 aliphatic heterocycles. The SMILES string of the molecule is CC(NCc1cc(Br)c(Br)o1)C1CCCCC1. The van der Waals surface area contributed by atoms with Crippen molar-refractivity contribution in [2.75, 3.05) is 0 Å². The summed E-state index contributed by atoms with van der Waals surface area (Å²) in [6.45, 7) is 3.10. The molecule has 0 aromatic carbocycles. The van der Waals surface area contributed by atoms with Gasteiger partial charge in [0.05, 0.1) is 11.0 Å². The Morgan fingerprint density at radius 3 is 2.65 bits per heavy atom. The minimum absolute atomic E-state index is 0.581. The van der Waals surface area contributed by atoms with Crippen LogP contribution in [0, 0.1) is 5.92 Å². The van der Waals surface area contributed by atoms with Crippen LogP contribution in [-0.2, 0) is 6.54 Å². The van der Waals surface area contributed by atoms with Crippen molar-refractivity contribution in [3.8, 4) is 0 Å². The maximum Gasteiger partial charge on any atom is 0.183 e. The second-order valence-corrected chi connectivity index (χ2v) is 6.48. The zero-order valence-electron chi connectivity index (χ0n) is 10.1. The Kier molecular flexibility index (Phi) is 5.12. The van der Waals surface area contributed by atoms with Gasteiger partial charge in [0.2, 0.25) is 0 Å². The van der Waals surface area contributed by atoms with Gasteiger partial charge in [-0.15, -0.1) is 0 Å². The molecule has 1 aromatic heterocycles. The van der Waals surface area contributed by atoms with E-state index in [1.807, 2.05) is 6.07 Å². The van der Waals surface area contributed by atoms with Crippen LogP contribution in [0.3, 0.4) is 0 Å². The Balaban J connectivity index is 1.80. The molecule has 1 atom stereocenters. The first-order chi connectivity index (χ1) is 8.16. The van der Waals surface area contributed by atoms with E-state index in [0.717, 1.165) is 27.4 Å². The van der Waals surface area contributed by atoms with Crippen molar-refractivity contribution in [3.05, 3.63) is 21.0 Å². The molecule has 1 aliphatic carbocycles. The Morgan fingerprint density at radius 2 is 2.06 bits per heavy atom. The van der Waals surface area contributed by atoms with Crippen molar-refractivity contribution in [2.24, 2.45) is 5.92 Å². The predicted molar refractivity (Wildman–Crippen MR) is 77.0 cm³/mol. The van der Waals surface area contributed by atoms with Crippen LogP contribution in [0.4, 0.5) is 0 Å². The molecule has 0 spiro atoms. The van der Waals surface area contributed by atoms with Gasteiger partial charge in [0.15, 0.2) is 4.67 Å². The number of hydrogen-bond acceptors (Lipinski definition) is 2. The molecule has 0 bridgehead atoms. The van der Waals surface area contributed by atoms with E-state index >= 15 is 0 Å². The predicted octanol–water partition coefficient (Wildman–Crippen LogP) is 4.86. The van der Waals surface area contributed by atoms with Gasteiger partial charge >= 0.3 is 0 Å². The number of furan rings is 1. The third-order valence-corrected chi connectivity index (χ3v) is 5.36. The van der Waals surface area contributed by atoms with Crippen LogP contribution in [0.5, 0.6) is 0 Å². The van der Waals surface area contributed by atoms with Gasteiger partial charge in [-0.05, 0) is 63.6 Å². The van der Waals surface area contributed by atoms with E-state index in [2.05, 4.69) is 44.1 Å². The lowest BCUT2D eigenvalue weighted by Gasteiger charge is -2.28. The van der Waals surface area contributed by atoms with Gasteiger partial charge in [-0.1, -0.05) is 19.3 Å². The highest BCUT2D eigenvalue weighted by atomic mass is 79.9. The summed E-state index contributed by atoms with van der Waals surface area (Å²) >= 11 is 6.79. The van der Waals surface area contributed by atoms with Crippen LogP contribution in [0.15, 0.2) is 19.6 Å². The molecule has 17 heavy (non-hydrogen) atoms. The van der Waals surface area contributed by atoms with Gasteiger partial charge in [-0.25, -0.2) is 0 Å². The van der Waals surface area contributed by atoms with Crippen LogP contribution in [-0.4, -0.2) is 6.04 Å². The van der Waals surface area contributed by atoms with E-state index in [4.69, 9.17) is 4.42 Å². The van der Waals surface area contributed by atoms with Gasteiger partial charge in [0.1, 0.15) is 5.76 Å². The van der Waals surface area contributed by atoms with E-state index in [1.165, 1.54) is 32.1 Å². The third kappa shape index (κ3) is 3.83. The largest absolute Gasteiger partial charge is 0.452 e. The lowest BCUT2D eigenvalue weighted by Crippen LogP contribution is -2.34. The monoisotopic (exact) mass is 363 g/mol. The summed E-state index contributed by atoms with van der Waals surface area (Å²) in [6.07, 6.45) is 6.96. The van der Waals surface area contributed by atoms with E-state index in [9.17, 15) is 0 Å². The zero-order chi connectivity index (χ0) is 12.3. The normalized spacial score (nSPS) is 19.5. The van der Waals surface area contributed by atoms with Gasteiger partial charge < -0.3 is 9.73 Å². The standard InChI is InChI=1S/C13H19Br2NO/c1-9(10-5-3-2-4-6-10)16-8-11-7-12(14)13(15)17-11/h7,9-10,16H,2-6,8H2,1H3. The number of halogens is 2. The Morgan fingerprint density at radius 1 is 1.35 bits per heavy atom. The molecule has 1 saturated carbocycles. The Hall–Kier alpha value is 0.200. The number of nitrogens with one attached hydrogen (secondary N) is 1. The minimum Gasteiger partial charge on any atom is -0.452 e. The summed E-state index contributed by atoms with van der Waals surface area (Å²) in [7, 11) is 0. The number of rotatable bonds is 4. The zero-order valence-corrected chi connectivity index (χ0v) is 13.3. The third-order valence-electron chi connectivity index (χ3n) is 3.65. The molecule has 2 nitrogen and oxygen atoms in total. The summed E-state index contributed by atoms with van der Waals surface area (Å²) in [6, 6.07) is 2.60. The smallest absolute Gasteiger partial charge is 0.183 e. The Labute approximate surface area is 120 Å². The topological polar surface area (TPSA) is 25.2 Å². The van der Waals surface area contributed by atoms with Gasteiger partial charge in [-0.3, -0.25) is 0 Å². The van der Waals surface area contributed by atoms with E-state index in [-0.39, 0.29) is 0 Å². The minimum atomic E-state index is 0.581. The molecular formula is C13H19Br2NO. The lowest BCUT2D eigenvalue weighted by atomic mass is 9.84. The first-order valence-electron chi connectivity index (χ1n) is 6.34. The maximum atomic E-state index is 5.56. The first kappa shape index (κ1) is 13.6. The van der Waals surface area contributed by atoms with Crippen molar-refractivity contribution in [2.45, 2.75) is 51.6 Å². The average Bonchev–Trinajstić information content (AvgIpc) is 2.67.